The molecule has 0 aliphatic heterocycles. The molecule has 3 nitrogen and oxygen atoms in total. The molecular weight excluding hydrogens is 232 g/mol. The van der Waals surface area contributed by atoms with Gasteiger partial charge in [-0.05, 0) is 26.1 Å². The van der Waals surface area contributed by atoms with Crippen LogP contribution in [-0.2, 0) is 12.8 Å². The summed E-state index contributed by atoms with van der Waals surface area (Å²) in [4.78, 5) is 5.67. The minimum Gasteiger partial charge on any atom is -0.508 e. The second-order valence-corrected chi connectivity index (χ2v) is 5.08. The fourth-order valence-electron chi connectivity index (χ4n) is 1.62. The van der Waals surface area contributed by atoms with E-state index in [1.54, 1.807) is 17.4 Å². The van der Waals surface area contributed by atoms with Crippen molar-refractivity contribution in [3.05, 3.63) is 45.9 Å². The van der Waals surface area contributed by atoms with E-state index in [4.69, 9.17) is 0 Å². The molecule has 17 heavy (non-hydrogen) atoms. The van der Waals surface area contributed by atoms with Gasteiger partial charge in [-0.15, -0.1) is 11.3 Å². The zero-order valence-electron chi connectivity index (χ0n) is 9.81. The van der Waals surface area contributed by atoms with E-state index in [2.05, 4.69) is 10.3 Å². The first-order valence-corrected chi connectivity index (χ1v) is 6.46. The monoisotopic (exact) mass is 248 g/mol. The number of hydrogen-bond donors (Lipinski definition) is 2. The van der Waals surface area contributed by atoms with Crippen LogP contribution in [0.4, 0.5) is 0 Å². The zero-order chi connectivity index (χ0) is 12.1. The number of para-hydroxylation sites is 1. The Morgan fingerprint density at radius 2 is 2.18 bits per heavy atom. The lowest BCUT2D eigenvalue weighted by Crippen LogP contribution is -2.09. The molecule has 4 heteroatoms. The van der Waals surface area contributed by atoms with E-state index in [1.165, 1.54) is 4.88 Å². The van der Waals surface area contributed by atoms with Gasteiger partial charge in [-0.3, -0.25) is 0 Å². The Morgan fingerprint density at radius 3 is 2.94 bits per heavy atom. The lowest BCUT2D eigenvalue weighted by molar-refractivity contribution is 0.469. The van der Waals surface area contributed by atoms with Crippen molar-refractivity contribution < 1.29 is 5.11 Å². The molecule has 0 aliphatic rings. The third kappa shape index (κ3) is 3.28. The standard InChI is InChI=1S/C13H16N2OS/c1-14-7-6-11-9-15-13(17-11)8-10-4-2-3-5-12(10)16/h2-5,9,14,16H,6-8H2,1H3. The van der Waals surface area contributed by atoms with Gasteiger partial charge in [0.15, 0.2) is 0 Å². The van der Waals surface area contributed by atoms with Crippen LogP contribution in [0.15, 0.2) is 30.5 Å². The largest absolute Gasteiger partial charge is 0.508 e. The van der Waals surface area contributed by atoms with Crippen molar-refractivity contribution >= 4 is 11.3 Å². The van der Waals surface area contributed by atoms with E-state index in [1.807, 2.05) is 31.4 Å². The summed E-state index contributed by atoms with van der Waals surface area (Å²) >= 11 is 1.71. The van der Waals surface area contributed by atoms with Gasteiger partial charge in [0.1, 0.15) is 5.75 Å². The number of rotatable bonds is 5. The van der Waals surface area contributed by atoms with Crippen molar-refractivity contribution in [2.75, 3.05) is 13.6 Å². The second-order valence-electron chi connectivity index (χ2n) is 3.88. The highest BCUT2D eigenvalue weighted by molar-refractivity contribution is 7.11. The summed E-state index contributed by atoms with van der Waals surface area (Å²) in [6.07, 6.45) is 3.64. The van der Waals surface area contributed by atoms with Gasteiger partial charge in [-0.25, -0.2) is 4.98 Å². The number of benzene rings is 1. The Morgan fingerprint density at radius 1 is 1.35 bits per heavy atom. The Labute approximate surface area is 105 Å². The van der Waals surface area contributed by atoms with Gasteiger partial charge in [-0.2, -0.15) is 0 Å². The second kappa shape index (κ2) is 5.80. The number of phenols is 1. The smallest absolute Gasteiger partial charge is 0.119 e. The fraction of sp³-hybridized carbons (Fsp3) is 0.308. The molecule has 0 unspecified atom stereocenters. The summed E-state index contributed by atoms with van der Waals surface area (Å²) in [5, 5.41) is 13.9. The number of nitrogens with one attached hydrogen (secondary N) is 1. The van der Waals surface area contributed by atoms with Gasteiger partial charge in [0.05, 0.1) is 5.01 Å². The van der Waals surface area contributed by atoms with Crippen LogP contribution in [0.25, 0.3) is 0 Å². The molecule has 0 fully saturated rings. The molecule has 0 aliphatic carbocycles. The molecule has 90 valence electrons. The molecule has 0 radical (unpaired) electrons. The normalized spacial score (nSPS) is 10.6. The van der Waals surface area contributed by atoms with Crippen molar-refractivity contribution in [1.29, 1.82) is 0 Å². The maximum atomic E-state index is 9.69. The summed E-state index contributed by atoms with van der Waals surface area (Å²) in [6.45, 7) is 0.970. The van der Waals surface area contributed by atoms with E-state index < -0.39 is 0 Å². The molecule has 0 amide bonds. The van der Waals surface area contributed by atoms with E-state index in [9.17, 15) is 5.11 Å². The van der Waals surface area contributed by atoms with Gasteiger partial charge in [0.2, 0.25) is 0 Å². The third-order valence-electron chi connectivity index (χ3n) is 2.56. The molecule has 1 aromatic carbocycles. The van der Waals surface area contributed by atoms with Crippen LogP contribution in [0.5, 0.6) is 5.75 Å². The maximum Gasteiger partial charge on any atom is 0.119 e. The minimum atomic E-state index is 0.347. The van der Waals surface area contributed by atoms with Crippen LogP contribution < -0.4 is 5.32 Å². The summed E-state index contributed by atoms with van der Waals surface area (Å²) in [7, 11) is 1.95. The van der Waals surface area contributed by atoms with Crippen molar-refractivity contribution in [1.82, 2.24) is 10.3 Å². The Bertz CT molecular complexity index is 482. The van der Waals surface area contributed by atoms with Gasteiger partial charge in [-0.1, -0.05) is 18.2 Å². The van der Waals surface area contributed by atoms with Gasteiger partial charge in [0.25, 0.3) is 0 Å². The van der Waals surface area contributed by atoms with Crippen molar-refractivity contribution in [2.45, 2.75) is 12.8 Å². The third-order valence-corrected chi connectivity index (χ3v) is 3.61. The lowest BCUT2D eigenvalue weighted by Gasteiger charge is -2.00. The lowest BCUT2D eigenvalue weighted by atomic mass is 10.1. The average Bonchev–Trinajstić information content (AvgIpc) is 2.77. The predicted octanol–water partition coefficient (Wildman–Crippen LogP) is 2.20. The van der Waals surface area contributed by atoms with Crippen molar-refractivity contribution in [3.63, 3.8) is 0 Å². The van der Waals surface area contributed by atoms with Crippen LogP contribution in [0, 0.1) is 0 Å². The van der Waals surface area contributed by atoms with Crippen LogP contribution in [-0.4, -0.2) is 23.7 Å². The first kappa shape index (κ1) is 12.1. The highest BCUT2D eigenvalue weighted by Crippen LogP contribution is 2.22. The van der Waals surface area contributed by atoms with Crippen LogP contribution in [0.2, 0.25) is 0 Å². The number of hydrogen-bond acceptors (Lipinski definition) is 4. The zero-order valence-corrected chi connectivity index (χ0v) is 10.6. The average molecular weight is 248 g/mol. The molecular formula is C13H16N2OS. The number of aromatic nitrogens is 1. The van der Waals surface area contributed by atoms with Crippen molar-refractivity contribution in [3.8, 4) is 5.75 Å². The summed E-state index contributed by atoms with van der Waals surface area (Å²) in [5.74, 6) is 0.347. The first-order valence-electron chi connectivity index (χ1n) is 5.64. The molecule has 0 bridgehead atoms. The Balaban J connectivity index is 2.04. The molecule has 0 saturated carbocycles. The predicted molar refractivity (Wildman–Crippen MR) is 70.7 cm³/mol. The number of likely N-dealkylation sites (N-methyl/N-ethyl adjacent to an activating group) is 1. The van der Waals surface area contributed by atoms with E-state index in [0.717, 1.165) is 23.5 Å². The maximum absolute atomic E-state index is 9.69. The molecule has 2 rings (SSSR count). The van der Waals surface area contributed by atoms with Crippen LogP contribution in [0.3, 0.4) is 0 Å². The van der Waals surface area contributed by atoms with Gasteiger partial charge in [0, 0.05) is 23.1 Å². The van der Waals surface area contributed by atoms with E-state index >= 15 is 0 Å². The molecule has 0 spiro atoms. The Hall–Kier alpha value is -1.39. The van der Waals surface area contributed by atoms with Crippen LogP contribution >= 0.6 is 11.3 Å². The highest BCUT2D eigenvalue weighted by Gasteiger charge is 2.05. The minimum absolute atomic E-state index is 0.347. The number of nitrogens with zero attached hydrogens (tertiary/aromatic N) is 1. The number of thiazole rings is 1. The quantitative estimate of drug-likeness (QED) is 0.852. The SMILES string of the molecule is CNCCc1cnc(Cc2ccccc2O)s1. The highest BCUT2D eigenvalue weighted by atomic mass is 32.1. The molecule has 1 heterocycles. The summed E-state index contributed by atoms with van der Waals surface area (Å²) < 4.78 is 0. The van der Waals surface area contributed by atoms with Gasteiger partial charge < -0.3 is 10.4 Å². The summed E-state index contributed by atoms with van der Waals surface area (Å²) in [6, 6.07) is 7.42. The molecule has 0 saturated heterocycles. The van der Waals surface area contributed by atoms with Crippen LogP contribution in [0.1, 0.15) is 15.4 Å². The number of phenolic OH excluding ortho intramolecular Hbond substituents is 1. The van der Waals surface area contributed by atoms with E-state index in [0.29, 0.717) is 12.2 Å². The molecule has 0 atom stereocenters. The summed E-state index contributed by atoms with van der Waals surface area (Å²) in [5.41, 5.74) is 0.932. The first-order chi connectivity index (χ1) is 8.29. The fourth-order valence-corrected chi connectivity index (χ4v) is 2.56. The van der Waals surface area contributed by atoms with Crippen molar-refractivity contribution in [2.24, 2.45) is 0 Å². The molecule has 1 aromatic heterocycles. The molecule has 2 aromatic rings. The topological polar surface area (TPSA) is 45.2 Å². The Kier molecular flexibility index (Phi) is 4.12. The molecule has 2 N–H and O–H groups in total. The van der Waals surface area contributed by atoms with Gasteiger partial charge >= 0.3 is 0 Å². The van der Waals surface area contributed by atoms with E-state index in [-0.39, 0.29) is 0 Å². The number of aromatic hydroxyl groups is 1.